The summed E-state index contributed by atoms with van der Waals surface area (Å²) in [5, 5.41) is 0. The summed E-state index contributed by atoms with van der Waals surface area (Å²) < 4.78 is 25.3. The first-order valence-corrected chi connectivity index (χ1v) is 21.5. The van der Waals surface area contributed by atoms with Gasteiger partial charge in [-0.15, -0.1) is 0 Å². The Labute approximate surface area is 184 Å². The van der Waals surface area contributed by atoms with Gasteiger partial charge < -0.3 is 17.1 Å². The van der Waals surface area contributed by atoms with Gasteiger partial charge in [-0.05, 0) is 77.8 Å². The number of hydrogen-bond acceptors (Lipinski definition) is 4. The summed E-state index contributed by atoms with van der Waals surface area (Å²) in [6, 6.07) is 0.981. The summed E-state index contributed by atoms with van der Waals surface area (Å²) >= 11 is 0. The van der Waals surface area contributed by atoms with Crippen molar-refractivity contribution < 1.29 is 17.1 Å². The molecule has 0 saturated heterocycles. The van der Waals surface area contributed by atoms with Gasteiger partial charge in [-0.3, -0.25) is 0 Å². The minimum absolute atomic E-state index is 0. The SMILES string of the molecule is C.C.C.C.CCCCOCCC[Si](C)(O[Si](C)(C)C)O[Si](C)(C)O[Si](C)(C)C. The summed E-state index contributed by atoms with van der Waals surface area (Å²) in [7, 11) is -7.70. The van der Waals surface area contributed by atoms with E-state index in [1.165, 1.54) is 6.42 Å². The summed E-state index contributed by atoms with van der Waals surface area (Å²) in [6.45, 7) is 23.8. The molecule has 0 aromatic carbocycles. The fourth-order valence-electron chi connectivity index (χ4n) is 2.89. The van der Waals surface area contributed by atoms with Gasteiger partial charge in [0.1, 0.15) is 0 Å². The van der Waals surface area contributed by atoms with Gasteiger partial charge in [0.15, 0.2) is 16.6 Å². The van der Waals surface area contributed by atoms with Crippen molar-refractivity contribution >= 4 is 33.8 Å². The van der Waals surface area contributed by atoms with Crippen molar-refractivity contribution in [2.24, 2.45) is 0 Å². The van der Waals surface area contributed by atoms with Gasteiger partial charge in [0, 0.05) is 13.2 Å². The average molecular weight is 475 g/mol. The van der Waals surface area contributed by atoms with E-state index in [0.717, 1.165) is 32.1 Å². The molecular weight excluding hydrogens is 417 g/mol. The van der Waals surface area contributed by atoms with Crippen molar-refractivity contribution in [1.29, 1.82) is 0 Å². The first-order valence-electron chi connectivity index (χ1n) is 9.36. The van der Waals surface area contributed by atoms with Gasteiger partial charge >= 0.3 is 17.1 Å². The van der Waals surface area contributed by atoms with Gasteiger partial charge in [-0.2, -0.15) is 0 Å². The lowest BCUT2D eigenvalue weighted by molar-refractivity contribution is 0.130. The molecule has 28 heavy (non-hydrogen) atoms. The van der Waals surface area contributed by atoms with E-state index < -0.39 is 33.8 Å². The third-order valence-electron chi connectivity index (χ3n) is 3.10. The predicted molar refractivity (Wildman–Crippen MR) is 141 cm³/mol. The second-order valence-corrected chi connectivity index (χ2v) is 25.6. The molecule has 0 aliphatic heterocycles. The Morgan fingerprint density at radius 2 is 1.00 bits per heavy atom. The highest BCUT2D eigenvalue weighted by atomic mass is 28.5. The Bertz CT molecular complexity index is 355. The number of ether oxygens (including phenoxy) is 1. The van der Waals surface area contributed by atoms with Crippen molar-refractivity contribution in [3.8, 4) is 0 Å². The summed E-state index contributed by atoms with van der Waals surface area (Å²) in [5.41, 5.74) is 0. The van der Waals surface area contributed by atoms with E-state index in [0.29, 0.717) is 0 Å². The molecule has 8 heteroatoms. The quantitative estimate of drug-likeness (QED) is 0.199. The summed E-state index contributed by atoms with van der Waals surface area (Å²) in [4.78, 5) is 0. The molecule has 0 rings (SSSR count). The molecule has 0 fully saturated rings. The maximum Gasteiger partial charge on any atom is 0.315 e. The molecule has 0 aromatic heterocycles. The number of rotatable bonds is 13. The minimum atomic E-state index is -2.25. The summed E-state index contributed by atoms with van der Waals surface area (Å²) in [5.74, 6) is 0. The van der Waals surface area contributed by atoms with E-state index in [2.05, 4.69) is 65.8 Å². The van der Waals surface area contributed by atoms with Crippen molar-refractivity contribution in [1.82, 2.24) is 0 Å². The lowest BCUT2D eigenvalue weighted by Gasteiger charge is -2.41. The Balaban J connectivity index is -0.000000441. The van der Waals surface area contributed by atoms with Crippen molar-refractivity contribution in [2.45, 2.75) is 121 Å². The Morgan fingerprint density at radius 3 is 1.39 bits per heavy atom. The van der Waals surface area contributed by atoms with Crippen LogP contribution in [0.5, 0.6) is 0 Å². The molecular formula is C20H58O4Si4. The van der Waals surface area contributed by atoms with Gasteiger partial charge in [0.25, 0.3) is 0 Å². The van der Waals surface area contributed by atoms with Crippen LogP contribution in [0.25, 0.3) is 0 Å². The van der Waals surface area contributed by atoms with E-state index in [4.69, 9.17) is 17.1 Å². The van der Waals surface area contributed by atoms with E-state index >= 15 is 0 Å². The Hall–Kier alpha value is 0.708. The molecule has 1 atom stereocenters. The maximum absolute atomic E-state index is 6.65. The zero-order valence-electron chi connectivity index (χ0n) is 17.9. The zero-order valence-corrected chi connectivity index (χ0v) is 21.9. The molecule has 4 nitrogen and oxygen atoms in total. The fourth-order valence-corrected chi connectivity index (χ4v) is 20.8. The fraction of sp³-hybridized carbons (Fsp3) is 1.00. The highest BCUT2D eigenvalue weighted by molar-refractivity contribution is 6.89. The van der Waals surface area contributed by atoms with E-state index in [9.17, 15) is 0 Å². The molecule has 0 radical (unpaired) electrons. The van der Waals surface area contributed by atoms with Crippen molar-refractivity contribution in [3.63, 3.8) is 0 Å². The van der Waals surface area contributed by atoms with Crippen LogP contribution in [0.3, 0.4) is 0 Å². The van der Waals surface area contributed by atoms with Gasteiger partial charge in [-0.1, -0.05) is 43.1 Å². The first-order chi connectivity index (χ1) is 10.7. The predicted octanol–water partition coefficient (Wildman–Crippen LogP) is 8.23. The second-order valence-electron chi connectivity index (χ2n) is 9.13. The van der Waals surface area contributed by atoms with Crippen LogP contribution in [-0.4, -0.2) is 47.0 Å². The molecule has 0 amide bonds. The summed E-state index contributed by atoms with van der Waals surface area (Å²) in [6.07, 6.45) is 3.33. The highest BCUT2D eigenvalue weighted by Gasteiger charge is 2.44. The van der Waals surface area contributed by atoms with Crippen molar-refractivity contribution in [2.75, 3.05) is 13.2 Å². The highest BCUT2D eigenvalue weighted by Crippen LogP contribution is 2.27. The molecule has 178 valence electrons. The lowest BCUT2D eigenvalue weighted by Crippen LogP contribution is -2.56. The van der Waals surface area contributed by atoms with Crippen LogP contribution < -0.4 is 0 Å². The van der Waals surface area contributed by atoms with Gasteiger partial charge in [0.2, 0.25) is 0 Å². The topological polar surface area (TPSA) is 36.9 Å². The van der Waals surface area contributed by atoms with Crippen molar-refractivity contribution in [3.05, 3.63) is 0 Å². The Kier molecular flexibility index (Phi) is 23.0. The van der Waals surface area contributed by atoms with Crippen LogP contribution in [0.4, 0.5) is 0 Å². The molecule has 0 aromatic rings. The molecule has 0 aliphatic carbocycles. The second kappa shape index (κ2) is 16.4. The molecule has 0 bridgehead atoms. The molecule has 1 unspecified atom stereocenters. The van der Waals surface area contributed by atoms with E-state index in [1.54, 1.807) is 0 Å². The minimum Gasteiger partial charge on any atom is -0.437 e. The smallest absolute Gasteiger partial charge is 0.315 e. The molecule has 0 heterocycles. The molecule has 0 N–H and O–H groups in total. The van der Waals surface area contributed by atoms with Crippen LogP contribution in [0.2, 0.25) is 65.0 Å². The van der Waals surface area contributed by atoms with Crippen LogP contribution in [-0.2, 0) is 17.1 Å². The lowest BCUT2D eigenvalue weighted by atomic mass is 10.4. The van der Waals surface area contributed by atoms with Crippen LogP contribution in [0, 0.1) is 0 Å². The molecule has 0 saturated carbocycles. The normalized spacial score (nSPS) is 13.9. The van der Waals surface area contributed by atoms with E-state index in [-0.39, 0.29) is 29.7 Å². The maximum atomic E-state index is 6.65. The van der Waals surface area contributed by atoms with Gasteiger partial charge in [0.05, 0.1) is 0 Å². The monoisotopic (exact) mass is 474 g/mol. The van der Waals surface area contributed by atoms with Crippen LogP contribution >= 0.6 is 0 Å². The Morgan fingerprint density at radius 1 is 0.571 bits per heavy atom. The van der Waals surface area contributed by atoms with Crippen LogP contribution in [0.1, 0.15) is 55.9 Å². The number of unbranched alkanes of at least 4 members (excludes halogenated alkanes) is 1. The number of hydrogen-bond donors (Lipinski definition) is 0. The molecule has 0 spiro atoms. The standard InChI is InChI=1S/C16H42O4Si4.4CH4/c1-11-12-14-17-15-13-16-24(10,19-22(5,6)7)20-23(8,9)18-21(2,3)4;;;;/h11-16H2,1-10H3;4*1H4. The zero-order chi connectivity index (χ0) is 19.1. The van der Waals surface area contributed by atoms with E-state index in [1.807, 2.05) is 0 Å². The third kappa shape index (κ3) is 23.0. The first kappa shape index (κ1) is 39.2. The third-order valence-corrected chi connectivity index (χ3v) is 16.6. The largest absolute Gasteiger partial charge is 0.437 e. The molecule has 0 aliphatic rings. The average Bonchev–Trinajstić information content (AvgIpc) is 2.26. The van der Waals surface area contributed by atoms with Crippen LogP contribution in [0.15, 0.2) is 0 Å². The van der Waals surface area contributed by atoms with Gasteiger partial charge in [-0.25, -0.2) is 0 Å².